The van der Waals surface area contributed by atoms with Crippen molar-refractivity contribution in [1.29, 1.82) is 0 Å². The molecule has 4 heteroatoms. The third-order valence-electron chi connectivity index (χ3n) is 3.89. The van der Waals surface area contributed by atoms with Gasteiger partial charge in [0, 0.05) is 5.41 Å². The molecule has 0 saturated heterocycles. The van der Waals surface area contributed by atoms with Crippen molar-refractivity contribution in [2.24, 2.45) is 0 Å². The molecule has 0 atom stereocenters. The number of nitrogen functional groups attached to an aromatic ring is 1. The first-order valence-electron chi connectivity index (χ1n) is 7.01. The summed E-state index contributed by atoms with van der Waals surface area (Å²) in [5, 5.41) is 3.27. The normalized spacial score (nSPS) is 18.8. The van der Waals surface area contributed by atoms with Crippen molar-refractivity contribution in [1.82, 2.24) is 9.78 Å². The molecular formula is C14H25N3O. The Kier molecular flexibility index (Phi) is 3.55. The Hall–Kier alpha value is -1.19. The molecule has 1 aromatic rings. The van der Waals surface area contributed by atoms with Gasteiger partial charge in [-0.25, -0.2) is 4.68 Å². The molecule has 1 heterocycles. The summed E-state index contributed by atoms with van der Waals surface area (Å²) in [5.74, 6) is 0. The number of rotatable bonds is 1. The summed E-state index contributed by atoms with van der Waals surface area (Å²) in [4.78, 5) is 12.3. The van der Waals surface area contributed by atoms with E-state index in [1.807, 2.05) is 0 Å². The number of anilines is 1. The zero-order chi connectivity index (χ0) is 13.3. The van der Waals surface area contributed by atoms with E-state index >= 15 is 0 Å². The average Bonchev–Trinajstić information content (AvgIpc) is 2.52. The Bertz CT molecular complexity index is 456. The summed E-state index contributed by atoms with van der Waals surface area (Å²) in [6.45, 7) is 6.23. The highest BCUT2D eigenvalue weighted by atomic mass is 16.1. The highest BCUT2D eigenvalue weighted by molar-refractivity contribution is 5.44. The molecule has 1 aromatic heterocycles. The fraction of sp³-hybridized carbons (Fsp3) is 0.786. The lowest BCUT2D eigenvalue weighted by Gasteiger charge is -2.18. The Labute approximate surface area is 109 Å². The van der Waals surface area contributed by atoms with E-state index < -0.39 is 0 Å². The lowest BCUT2D eigenvalue weighted by Crippen LogP contribution is -2.23. The molecule has 0 aromatic carbocycles. The molecule has 0 spiro atoms. The molecule has 0 amide bonds. The summed E-state index contributed by atoms with van der Waals surface area (Å²) in [6.07, 6.45) is 7.16. The minimum atomic E-state index is -0.112. The summed E-state index contributed by atoms with van der Waals surface area (Å²) in [5.41, 5.74) is 7.09. The summed E-state index contributed by atoms with van der Waals surface area (Å²) in [6, 6.07) is 0.304. The van der Waals surface area contributed by atoms with Crippen LogP contribution >= 0.6 is 0 Å². The van der Waals surface area contributed by atoms with Crippen LogP contribution in [0.1, 0.15) is 71.0 Å². The van der Waals surface area contributed by atoms with E-state index in [0.717, 1.165) is 18.5 Å². The van der Waals surface area contributed by atoms with Gasteiger partial charge in [0.05, 0.1) is 11.7 Å². The highest BCUT2D eigenvalue weighted by Gasteiger charge is 2.25. The van der Waals surface area contributed by atoms with Crippen molar-refractivity contribution in [2.75, 3.05) is 5.73 Å². The summed E-state index contributed by atoms with van der Waals surface area (Å²) >= 11 is 0. The number of aromatic nitrogens is 2. The minimum Gasteiger partial charge on any atom is -0.393 e. The molecule has 18 heavy (non-hydrogen) atoms. The predicted molar refractivity (Wildman–Crippen MR) is 74.9 cm³/mol. The Morgan fingerprint density at radius 1 is 1.17 bits per heavy atom. The van der Waals surface area contributed by atoms with Crippen LogP contribution in [0, 0.1) is 0 Å². The zero-order valence-corrected chi connectivity index (χ0v) is 11.8. The zero-order valence-electron chi connectivity index (χ0n) is 11.8. The number of nitrogens with two attached hydrogens (primary N) is 1. The van der Waals surface area contributed by atoms with E-state index in [1.54, 1.807) is 4.68 Å². The Morgan fingerprint density at radius 3 is 2.17 bits per heavy atom. The summed E-state index contributed by atoms with van der Waals surface area (Å²) < 4.78 is 1.78. The maximum Gasteiger partial charge on any atom is 0.290 e. The number of aromatic amines is 1. The fourth-order valence-corrected chi connectivity index (χ4v) is 2.81. The van der Waals surface area contributed by atoms with E-state index in [-0.39, 0.29) is 11.0 Å². The van der Waals surface area contributed by atoms with E-state index in [9.17, 15) is 4.79 Å². The van der Waals surface area contributed by atoms with Gasteiger partial charge in [0.25, 0.3) is 5.56 Å². The summed E-state index contributed by atoms with van der Waals surface area (Å²) in [7, 11) is 0. The second-order valence-corrected chi connectivity index (χ2v) is 6.47. The van der Waals surface area contributed by atoms with Gasteiger partial charge in [-0.3, -0.25) is 9.89 Å². The third kappa shape index (κ3) is 2.47. The van der Waals surface area contributed by atoms with Crippen molar-refractivity contribution < 1.29 is 0 Å². The van der Waals surface area contributed by atoms with Gasteiger partial charge in [0.1, 0.15) is 5.69 Å². The van der Waals surface area contributed by atoms with E-state index in [2.05, 4.69) is 25.9 Å². The monoisotopic (exact) mass is 251 g/mol. The molecular weight excluding hydrogens is 226 g/mol. The fourth-order valence-electron chi connectivity index (χ4n) is 2.81. The van der Waals surface area contributed by atoms with Crippen molar-refractivity contribution in [3.63, 3.8) is 0 Å². The van der Waals surface area contributed by atoms with Crippen LogP contribution in [-0.2, 0) is 5.41 Å². The lowest BCUT2D eigenvalue weighted by atomic mass is 9.91. The quantitative estimate of drug-likeness (QED) is 0.754. The maximum absolute atomic E-state index is 12.3. The molecule has 1 aliphatic rings. The first kappa shape index (κ1) is 13.2. The standard InChI is InChI=1S/C14H25N3O/c1-14(2,3)12-11(15)13(18)17(16-12)10-8-6-4-5-7-9-10/h10,16H,4-9,15H2,1-3H3. The maximum atomic E-state index is 12.3. The van der Waals surface area contributed by atoms with Gasteiger partial charge in [0.2, 0.25) is 0 Å². The van der Waals surface area contributed by atoms with E-state index in [4.69, 9.17) is 5.73 Å². The largest absolute Gasteiger partial charge is 0.393 e. The molecule has 0 aliphatic heterocycles. The third-order valence-corrected chi connectivity index (χ3v) is 3.89. The molecule has 0 radical (unpaired) electrons. The van der Waals surface area contributed by atoms with Crippen LogP contribution in [0.2, 0.25) is 0 Å². The van der Waals surface area contributed by atoms with Crippen LogP contribution in [0.15, 0.2) is 4.79 Å². The van der Waals surface area contributed by atoms with Crippen LogP contribution in [0.4, 0.5) is 5.69 Å². The second kappa shape index (κ2) is 4.82. The predicted octanol–water partition coefficient (Wildman–Crippen LogP) is 2.95. The molecule has 1 saturated carbocycles. The smallest absolute Gasteiger partial charge is 0.290 e. The SMILES string of the molecule is CC(C)(C)c1[nH]n(C2CCCCCC2)c(=O)c1N. The van der Waals surface area contributed by atoms with Crippen LogP contribution < -0.4 is 11.3 Å². The number of hydrogen-bond acceptors (Lipinski definition) is 2. The topological polar surface area (TPSA) is 63.8 Å². The van der Waals surface area contributed by atoms with Crippen molar-refractivity contribution in [2.45, 2.75) is 70.8 Å². The number of nitrogens with zero attached hydrogens (tertiary/aromatic N) is 1. The number of nitrogens with one attached hydrogen (secondary N) is 1. The van der Waals surface area contributed by atoms with Gasteiger partial charge >= 0.3 is 0 Å². The molecule has 0 unspecified atom stereocenters. The first-order chi connectivity index (χ1) is 8.41. The molecule has 4 nitrogen and oxygen atoms in total. The van der Waals surface area contributed by atoms with Gasteiger partial charge < -0.3 is 5.73 Å². The van der Waals surface area contributed by atoms with Gasteiger partial charge in [-0.15, -0.1) is 0 Å². The Morgan fingerprint density at radius 2 is 1.72 bits per heavy atom. The molecule has 0 bridgehead atoms. The van der Waals surface area contributed by atoms with Crippen molar-refractivity contribution in [3.05, 3.63) is 16.0 Å². The Balaban J connectivity index is 2.36. The van der Waals surface area contributed by atoms with E-state index in [0.29, 0.717) is 11.7 Å². The first-order valence-corrected chi connectivity index (χ1v) is 7.01. The molecule has 1 fully saturated rings. The molecule has 3 N–H and O–H groups in total. The van der Waals surface area contributed by atoms with Crippen molar-refractivity contribution >= 4 is 5.69 Å². The van der Waals surface area contributed by atoms with Gasteiger partial charge in [0.15, 0.2) is 0 Å². The molecule has 102 valence electrons. The number of H-pyrrole nitrogens is 1. The average molecular weight is 251 g/mol. The minimum absolute atomic E-state index is 0.0353. The molecule has 1 aliphatic carbocycles. The van der Waals surface area contributed by atoms with Gasteiger partial charge in [-0.2, -0.15) is 0 Å². The number of hydrogen-bond donors (Lipinski definition) is 2. The second-order valence-electron chi connectivity index (χ2n) is 6.47. The molecule has 2 rings (SSSR count). The van der Waals surface area contributed by atoms with Crippen molar-refractivity contribution in [3.8, 4) is 0 Å². The van der Waals surface area contributed by atoms with Gasteiger partial charge in [-0.1, -0.05) is 46.5 Å². The van der Waals surface area contributed by atoms with Crippen LogP contribution in [0.3, 0.4) is 0 Å². The van der Waals surface area contributed by atoms with Crippen LogP contribution in [0.5, 0.6) is 0 Å². The van der Waals surface area contributed by atoms with Crippen LogP contribution in [-0.4, -0.2) is 9.78 Å². The van der Waals surface area contributed by atoms with Gasteiger partial charge in [-0.05, 0) is 12.8 Å². The van der Waals surface area contributed by atoms with E-state index in [1.165, 1.54) is 25.7 Å². The van der Waals surface area contributed by atoms with Crippen LogP contribution in [0.25, 0.3) is 0 Å². The lowest BCUT2D eigenvalue weighted by molar-refractivity contribution is 0.388. The highest BCUT2D eigenvalue weighted by Crippen LogP contribution is 2.29.